The molecule has 2 atom stereocenters. The number of nitrogens with zero attached hydrogens (tertiary/aromatic N) is 2. The Bertz CT molecular complexity index is 387. The predicted octanol–water partition coefficient (Wildman–Crippen LogP) is 1.66. The van der Waals surface area contributed by atoms with Gasteiger partial charge in [-0.25, -0.2) is 4.98 Å². The van der Waals surface area contributed by atoms with Crippen LogP contribution in [0, 0.1) is 5.92 Å². The summed E-state index contributed by atoms with van der Waals surface area (Å²) in [7, 11) is 3.36. The number of hydrogen-bond acceptors (Lipinski definition) is 4. The summed E-state index contributed by atoms with van der Waals surface area (Å²) in [5, 5.41) is 3.28. The van der Waals surface area contributed by atoms with Crippen LogP contribution < -0.4 is 5.32 Å². The third kappa shape index (κ3) is 3.84. The molecule has 0 spiro atoms. The summed E-state index contributed by atoms with van der Waals surface area (Å²) in [5.41, 5.74) is 0. The molecule has 0 amide bonds. The SMILES string of the molecule is COC(=O)C(CC(C)C)NC(C)c1nccn1C. The number of carbonyl (C=O) groups is 1. The molecule has 1 aromatic heterocycles. The van der Waals surface area contributed by atoms with Crippen LogP contribution in [-0.2, 0) is 16.6 Å². The van der Waals surface area contributed by atoms with E-state index in [0.717, 1.165) is 12.2 Å². The molecule has 0 radical (unpaired) electrons. The zero-order chi connectivity index (χ0) is 13.7. The molecule has 1 N–H and O–H groups in total. The largest absolute Gasteiger partial charge is 0.468 e. The Morgan fingerprint density at radius 3 is 2.61 bits per heavy atom. The average molecular weight is 253 g/mol. The first kappa shape index (κ1) is 14.7. The van der Waals surface area contributed by atoms with Gasteiger partial charge in [0.15, 0.2) is 0 Å². The molecule has 1 heterocycles. The Morgan fingerprint density at radius 1 is 1.50 bits per heavy atom. The highest BCUT2D eigenvalue weighted by Gasteiger charge is 2.23. The van der Waals surface area contributed by atoms with Crippen molar-refractivity contribution in [3.05, 3.63) is 18.2 Å². The monoisotopic (exact) mass is 253 g/mol. The van der Waals surface area contributed by atoms with Gasteiger partial charge in [-0.15, -0.1) is 0 Å². The van der Waals surface area contributed by atoms with Crippen molar-refractivity contribution >= 4 is 5.97 Å². The summed E-state index contributed by atoms with van der Waals surface area (Å²) in [4.78, 5) is 16.0. The summed E-state index contributed by atoms with van der Waals surface area (Å²) >= 11 is 0. The van der Waals surface area contributed by atoms with E-state index >= 15 is 0 Å². The zero-order valence-electron chi connectivity index (χ0n) is 11.8. The van der Waals surface area contributed by atoms with E-state index < -0.39 is 0 Å². The van der Waals surface area contributed by atoms with Crippen molar-refractivity contribution in [2.24, 2.45) is 13.0 Å². The van der Waals surface area contributed by atoms with Gasteiger partial charge in [0.05, 0.1) is 13.2 Å². The molecule has 5 nitrogen and oxygen atoms in total. The summed E-state index contributed by atoms with van der Waals surface area (Å²) in [6.07, 6.45) is 4.40. The summed E-state index contributed by atoms with van der Waals surface area (Å²) < 4.78 is 6.78. The fourth-order valence-corrected chi connectivity index (χ4v) is 2.02. The number of aryl methyl sites for hydroxylation is 1. The molecule has 1 aromatic rings. The van der Waals surface area contributed by atoms with Gasteiger partial charge in [-0.05, 0) is 19.3 Å². The molecule has 102 valence electrons. The van der Waals surface area contributed by atoms with Crippen LogP contribution >= 0.6 is 0 Å². The minimum atomic E-state index is -0.290. The lowest BCUT2D eigenvalue weighted by Gasteiger charge is -2.22. The lowest BCUT2D eigenvalue weighted by Crippen LogP contribution is -2.40. The number of aromatic nitrogens is 2. The molecule has 0 bridgehead atoms. The highest BCUT2D eigenvalue weighted by Crippen LogP contribution is 2.13. The van der Waals surface area contributed by atoms with Crippen molar-refractivity contribution in [1.82, 2.24) is 14.9 Å². The second-order valence-electron chi connectivity index (χ2n) is 4.99. The summed E-state index contributed by atoms with van der Waals surface area (Å²) in [6, 6.07) is -0.283. The molecule has 1 rings (SSSR count). The van der Waals surface area contributed by atoms with Crippen LogP contribution in [0.25, 0.3) is 0 Å². The number of nitrogens with one attached hydrogen (secondary N) is 1. The second kappa shape index (κ2) is 6.54. The molecular weight excluding hydrogens is 230 g/mol. The van der Waals surface area contributed by atoms with Crippen molar-refractivity contribution in [2.75, 3.05) is 7.11 Å². The Hall–Kier alpha value is -1.36. The van der Waals surface area contributed by atoms with E-state index in [4.69, 9.17) is 4.74 Å². The lowest BCUT2D eigenvalue weighted by atomic mass is 10.0. The number of rotatable bonds is 6. The molecule has 0 saturated carbocycles. The number of ether oxygens (including phenoxy) is 1. The molecule has 0 aliphatic heterocycles. The fourth-order valence-electron chi connectivity index (χ4n) is 2.02. The normalized spacial score (nSPS) is 14.6. The number of methoxy groups -OCH3 is 1. The maximum atomic E-state index is 11.7. The molecular formula is C13H23N3O2. The van der Waals surface area contributed by atoms with Gasteiger partial charge in [0.25, 0.3) is 0 Å². The molecule has 0 saturated heterocycles. The third-order valence-corrected chi connectivity index (χ3v) is 2.89. The van der Waals surface area contributed by atoms with E-state index in [1.165, 1.54) is 7.11 Å². The van der Waals surface area contributed by atoms with Crippen LogP contribution in [0.15, 0.2) is 12.4 Å². The minimum Gasteiger partial charge on any atom is -0.468 e. The summed E-state index contributed by atoms with van der Waals surface area (Å²) in [6.45, 7) is 6.17. The van der Waals surface area contributed by atoms with Crippen molar-refractivity contribution < 1.29 is 9.53 Å². The van der Waals surface area contributed by atoms with Crippen LogP contribution in [0.4, 0.5) is 0 Å². The van der Waals surface area contributed by atoms with E-state index in [-0.39, 0.29) is 18.1 Å². The number of imidazole rings is 1. The van der Waals surface area contributed by atoms with Crippen LogP contribution in [-0.4, -0.2) is 28.7 Å². The molecule has 2 unspecified atom stereocenters. The number of carbonyl (C=O) groups excluding carboxylic acids is 1. The van der Waals surface area contributed by atoms with Gasteiger partial charge in [0.2, 0.25) is 0 Å². The van der Waals surface area contributed by atoms with Crippen LogP contribution in [0.1, 0.15) is 39.1 Å². The Kier molecular flexibility index (Phi) is 5.34. The van der Waals surface area contributed by atoms with Gasteiger partial charge in [0, 0.05) is 19.4 Å². The quantitative estimate of drug-likeness (QED) is 0.783. The maximum Gasteiger partial charge on any atom is 0.322 e. The highest BCUT2D eigenvalue weighted by atomic mass is 16.5. The van der Waals surface area contributed by atoms with Crippen molar-refractivity contribution in [3.8, 4) is 0 Å². The maximum absolute atomic E-state index is 11.7. The summed E-state index contributed by atoms with van der Waals surface area (Å²) in [5.74, 6) is 1.12. The van der Waals surface area contributed by atoms with Crippen molar-refractivity contribution in [3.63, 3.8) is 0 Å². The van der Waals surface area contributed by atoms with Crippen LogP contribution in [0.2, 0.25) is 0 Å². The Labute approximate surface area is 109 Å². The standard InChI is InChI=1S/C13H23N3O2/c1-9(2)8-11(13(17)18-5)15-10(3)12-14-6-7-16(12)4/h6-7,9-11,15H,8H2,1-5H3. The Balaban J connectivity index is 2.71. The van der Waals surface area contributed by atoms with E-state index in [0.29, 0.717) is 5.92 Å². The lowest BCUT2D eigenvalue weighted by molar-refractivity contribution is -0.143. The van der Waals surface area contributed by atoms with E-state index in [1.54, 1.807) is 6.20 Å². The van der Waals surface area contributed by atoms with E-state index in [9.17, 15) is 4.79 Å². The second-order valence-corrected chi connectivity index (χ2v) is 4.99. The highest BCUT2D eigenvalue weighted by molar-refractivity contribution is 5.75. The van der Waals surface area contributed by atoms with Gasteiger partial charge in [-0.2, -0.15) is 0 Å². The van der Waals surface area contributed by atoms with Gasteiger partial charge in [-0.3, -0.25) is 10.1 Å². The zero-order valence-corrected chi connectivity index (χ0v) is 11.8. The third-order valence-electron chi connectivity index (χ3n) is 2.89. The van der Waals surface area contributed by atoms with Crippen LogP contribution in [0.5, 0.6) is 0 Å². The van der Waals surface area contributed by atoms with E-state index in [1.807, 2.05) is 24.7 Å². The smallest absolute Gasteiger partial charge is 0.322 e. The molecule has 18 heavy (non-hydrogen) atoms. The average Bonchev–Trinajstić information content (AvgIpc) is 2.73. The van der Waals surface area contributed by atoms with Gasteiger partial charge < -0.3 is 9.30 Å². The topological polar surface area (TPSA) is 56.1 Å². The molecule has 0 aromatic carbocycles. The Morgan fingerprint density at radius 2 is 2.17 bits per heavy atom. The van der Waals surface area contributed by atoms with Crippen molar-refractivity contribution in [2.45, 2.75) is 39.3 Å². The van der Waals surface area contributed by atoms with Gasteiger partial charge >= 0.3 is 5.97 Å². The van der Waals surface area contributed by atoms with E-state index in [2.05, 4.69) is 24.1 Å². The molecule has 0 aliphatic carbocycles. The number of hydrogen-bond donors (Lipinski definition) is 1. The first-order chi connectivity index (χ1) is 8.45. The first-order valence-corrected chi connectivity index (χ1v) is 6.26. The predicted molar refractivity (Wildman–Crippen MR) is 70.0 cm³/mol. The fraction of sp³-hybridized carbons (Fsp3) is 0.692. The molecule has 0 fully saturated rings. The minimum absolute atomic E-state index is 0.00727. The van der Waals surface area contributed by atoms with Crippen LogP contribution in [0.3, 0.4) is 0 Å². The number of esters is 1. The molecule has 0 aliphatic rings. The molecule has 5 heteroatoms. The van der Waals surface area contributed by atoms with Crippen molar-refractivity contribution in [1.29, 1.82) is 0 Å². The first-order valence-electron chi connectivity index (χ1n) is 6.26. The van der Waals surface area contributed by atoms with Gasteiger partial charge in [-0.1, -0.05) is 13.8 Å². The van der Waals surface area contributed by atoms with Gasteiger partial charge in [0.1, 0.15) is 11.9 Å².